The van der Waals surface area contributed by atoms with E-state index in [4.69, 9.17) is 16.6 Å². The fraction of sp³-hybridized carbons (Fsp3) is 0.100. The van der Waals surface area contributed by atoms with Crippen LogP contribution in [0.5, 0.6) is 0 Å². The largest absolute Gasteiger partial charge is 0.323 e. The molecule has 0 amide bonds. The highest BCUT2D eigenvalue weighted by Crippen LogP contribution is 2.31. The maximum absolute atomic E-state index is 6.49. The molecular weight excluding hydrogens is 392 g/mol. The molecule has 0 aliphatic carbocycles. The van der Waals surface area contributed by atoms with Crippen LogP contribution >= 0.6 is 23.4 Å². The number of nitrogens with zero attached hydrogens (tertiary/aromatic N) is 5. The first kappa shape index (κ1) is 17.2. The van der Waals surface area contributed by atoms with E-state index in [1.165, 1.54) is 0 Å². The van der Waals surface area contributed by atoms with Crippen molar-refractivity contribution in [3.8, 4) is 0 Å². The lowest BCUT2D eigenvalue weighted by Crippen LogP contribution is -2.43. The zero-order chi connectivity index (χ0) is 18.9. The molecule has 0 saturated heterocycles. The minimum atomic E-state index is -0.114. The molecule has 28 heavy (non-hydrogen) atoms. The first-order chi connectivity index (χ1) is 13.8. The third-order valence-electron chi connectivity index (χ3n) is 4.54. The Balaban J connectivity index is 1.53. The number of rotatable bonds is 4. The minimum Gasteiger partial charge on any atom is -0.323 e. The number of benzene rings is 2. The average Bonchev–Trinajstić information content (AvgIpc) is 3.21. The topological polar surface area (TPSA) is 70.1 Å². The molecule has 2 aromatic heterocycles. The van der Waals surface area contributed by atoms with Gasteiger partial charge in [-0.1, -0.05) is 41.9 Å². The predicted molar refractivity (Wildman–Crippen MR) is 112 cm³/mol. The predicted octanol–water partition coefficient (Wildman–Crippen LogP) is 3.00. The molecule has 8 heteroatoms. The fourth-order valence-corrected chi connectivity index (χ4v) is 4.39. The molecular formula is C20H15ClN6S. The summed E-state index contributed by atoms with van der Waals surface area (Å²) in [5, 5.41) is 11.5. The molecule has 1 aliphatic heterocycles. The summed E-state index contributed by atoms with van der Waals surface area (Å²) in [5.74, 6) is 0.702. The zero-order valence-electron chi connectivity index (χ0n) is 14.7. The molecule has 1 unspecified atom stereocenters. The molecule has 5 rings (SSSR count). The Morgan fingerprint density at radius 3 is 2.86 bits per heavy atom. The minimum absolute atomic E-state index is 0.114. The third kappa shape index (κ3) is 3.12. The molecule has 2 aromatic carbocycles. The quantitative estimate of drug-likeness (QED) is 0.416. The van der Waals surface area contributed by atoms with Gasteiger partial charge in [0.2, 0.25) is 0 Å². The molecule has 0 fully saturated rings. The number of fused-ring (bicyclic) bond motifs is 2. The molecule has 3 heterocycles. The van der Waals surface area contributed by atoms with E-state index >= 15 is 0 Å². The standard InChI is InChI=1S/C20H15ClN6S/c21-15-6-2-4-8-17(15)27-10-13-5-1-3-7-16(13)25-18(27)11-28-20-14-9-24-26-19(14)22-12-23-20/h1-10,12,18H,11H2,(H,22,23,24,26). The van der Waals surface area contributed by atoms with Crippen molar-refractivity contribution in [2.45, 2.75) is 11.2 Å². The van der Waals surface area contributed by atoms with Crippen molar-refractivity contribution in [2.24, 2.45) is 4.99 Å². The molecule has 138 valence electrons. The molecule has 1 aliphatic rings. The molecule has 0 bridgehead atoms. The van der Waals surface area contributed by atoms with Gasteiger partial charge < -0.3 is 4.90 Å². The van der Waals surface area contributed by atoms with Gasteiger partial charge in [0.25, 0.3) is 0 Å². The normalized spacial score (nSPS) is 15.8. The second-order valence-electron chi connectivity index (χ2n) is 6.28. The zero-order valence-corrected chi connectivity index (χ0v) is 16.2. The van der Waals surface area contributed by atoms with Crippen molar-refractivity contribution in [1.82, 2.24) is 20.2 Å². The van der Waals surface area contributed by atoms with Gasteiger partial charge in [0.05, 0.1) is 27.7 Å². The molecule has 1 atom stereocenters. The van der Waals surface area contributed by atoms with Gasteiger partial charge in [-0.2, -0.15) is 5.10 Å². The van der Waals surface area contributed by atoms with Crippen LogP contribution in [-0.4, -0.2) is 32.1 Å². The van der Waals surface area contributed by atoms with E-state index in [-0.39, 0.29) is 6.17 Å². The molecule has 0 radical (unpaired) electrons. The van der Waals surface area contributed by atoms with Gasteiger partial charge in [-0.25, -0.2) is 9.97 Å². The Morgan fingerprint density at radius 1 is 1.07 bits per heavy atom. The van der Waals surface area contributed by atoms with Crippen LogP contribution < -0.4 is 15.5 Å². The maximum atomic E-state index is 6.49. The van der Waals surface area contributed by atoms with Crippen molar-refractivity contribution >= 4 is 46.3 Å². The lowest BCUT2D eigenvalue weighted by molar-refractivity contribution is 0.739. The molecule has 1 N–H and O–H groups in total. The third-order valence-corrected chi connectivity index (χ3v) is 5.92. The molecule has 4 aromatic rings. The van der Waals surface area contributed by atoms with Crippen LogP contribution in [0.2, 0.25) is 5.02 Å². The summed E-state index contributed by atoms with van der Waals surface area (Å²) in [5.41, 5.74) is 1.67. The van der Waals surface area contributed by atoms with E-state index in [0.29, 0.717) is 10.8 Å². The van der Waals surface area contributed by atoms with Gasteiger partial charge in [-0.3, -0.25) is 10.1 Å². The number of aromatic amines is 1. The SMILES string of the molecule is Clc1ccccc1N1C=c2ccccc2=NC1CSc1ncnc2[nH]ncc12. The maximum Gasteiger partial charge on any atom is 0.159 e. The molecule has 0 saturated carbocycles. The van der Waals surface area contributed by atoms with Crippen molar-refractivity contribution < 1.29 is 0 Å². The smallest absolute Gasteiger partial charge is 0.159 e. The number of halogens is 1. The highest BCUT2D eigenvalue weighted by Gasteiger charge is 2.22. The molecule has 6 nitrogen and oxygen atoms in total. The summed E-state index contributed by atoms with van der Waals surface area (Å²) in [6.45, 7) is 0. The van der Waals surface area contributed by atoms with Gasteiger partial charge >= 0.3 is 0 Å². The number of thioether (sulfide) groups is 1. The van der Waals surface area contributed by atoms with Crippen LogP contribution in [0.1, 0.15) is 0 Å². The van der Waals surface area contributed by atoms with Crippen molar-refractivity contribution in [1.29, 1.82) is 0 Å². The number of hydrogen-bond acceptors (Lipinski definition) is 6. The monoisotopic (exact) mass is 406 g/mol. The average molecular weight is 407 g/mol. The summed E-state index contributed by atoms with van der Waals surface area (Å²) >= 11 is 8.12. The van der Waals surface area contributed by atoms with Crippen LogP contribution in [0.3, 0.4) is 0 Å². The van der Waals surface area contributed by atoms with Gasteiger partial charge in [0.1, 0.15) is 17.5 Å². The van der Waals surface area contributed by atoms with E-state index in [0.717, 1.165) is 32.3 Å². The number of nitrogens with one attached hydrogen (secondary N) is 1. The fourth-order valence-electron chi connectivity index (χ4n) is 3.19. The van der Waals surface area contributed by atoms with E-state index in [9.17, 15) is 0 Å². The number of anilines is 1. The summed E-state index contributed by atoms with van der Waals surface area (Å²) in [7, 11) is 0. The van der Waals surface area contributed by atoms with Gasteiger partial charge in [-0.15, -0.1) is 11.8 Å². The second-order valence-corrected chi connectivity index (χ2v) is 7.69. The summed E-state index contributed by atoms with van der Waals surface area (Å²) in [6, 6.07) is 15.9. The van der Waals surface area contributed by atoms with E-state index in [1.54, 1.807) is 24.3 Å². The van der Waals surface area contributed by atoms with Crippen molar-refractivity contribution in [3.05, 3.63) is 76.7 Å². The highest BCUT2D eigenvalue weighted by molar-refractivity contribution is 7.99. The van der Waals surface area contributed by atoms with Crippen LogP contribution in [0, 0.1) is 0 Å². The summed E-state index contributed by atoms with van der Waals surface area (Å²) in [4.78, 5) is 15.7. The first-order valence-corrected chi connectivity index (χ1v) is 10.1. The van der Waals surface area contributed by atoms with E-state index < -0.39 is 0 Å². The highest BCUT2D eigenvalue weighted by atomic mass is 35.5. The van der Waals surface area contributed by atoms with Crippen LogP contribution in [0.15, 0.2) is 71.1 Å². The number of hydrogen-bond donors (Lipinski definition) is 1. The summed E-state index contributed by atoms with van der Waals surface area (Å²) < 4.78 is 0. The lowest BCUT2D eigenvalue weighted by atomic mass is 10.2. The molecule has 0 spiro atoms. The van der Waals surface area contributed by atoms with Crippen LogP contribution in [0.4, 0.5) is 5.69 Å². The Bertz CT molecular complexity index is 1270. The van der Waals surface area contributed by atoms with Crippen molar-refractivity contribution in [3.63, 3.8) is 0 Å². The number of aromatic nitrogens is 4. The Kier molecular flexibility index (Phi) is 4.46. The first-order valence-electron chi connectivity index (χ1n) is 8.74. The lowest BCUT2D eigenvalue weighted by Gasteiger charge is -2.30. The van der Waals surface area contributed by atoms with Crippen molar-refractivity contribution in [2.75, 3.05) is 10.7 Å². The van der Waals surface area contributed by atoms with Crippen LogP contribution in [0.25, 0.3) is 17.2 Å². The number of para-hydroxylation sites is 2. The number of H-pyrrole nitrogens is 1. The van der Waals surface area contributed by atoms with Crippen LogP contribution in [-0.2, 0) is 0 Å². The van der Waals surface area contributed by atoms with E-state index in [2.05, 4.69) is 37.3 Å². The van der Waals surface area contributed by atoms with Gasteiger partial charge in [0, 0.05) is 17.2 Å². The Hall–Kier alpha value is -2.90. The van der Waals surface area contributed by atoms with Gasteiger partial charge in [-0.05, 0) is 18.2 Å². The van der Waals surface area contributed by atoms with E-state index in [1.807, 2.05) is 42.5 Å². The Morgan fingerprint density at radius 2 is 1.93 bits per heavy atom. The van der Waals surface area contributed by atoms with Gasteiger partial charge in [0.15, 0.2) is 5.65 Å². The second kappa shape index (κ2) is 7.26. The Labute approximate surface area is 170 Å². The summed E-state index contributed by atoms with van der Waals surface area (Å²) in [6.07, 6.45) is 5.30.